The summed E-state index contributed by atoms with van der Waals surface area (Å²) in [5, 5.41) is 10.5. The molecule has 1 aliphatic heterocycles. The number of benzene rings is 1. The Kier molecular flexibility index (Phi) is 7.99. The first-order valence-electron chi connectivity index (χ1n) is 12.3. The van der Waals surface area contributed by atoms with Crippen LogP contribution in [0.2, 0.25) is 0 Å². The molecule has 1 saturated carbocycles. The minimum Gasteiger partial charge on any atom is -0.486 e. The maximum Gasteiger partial charge on any atom is 0.196 e. The first-order valence-corrected chi connectivity index (χ1v) is 13.2. The molecule has 0 amide bonds. The molecule has 3 heterocycles. The number of nitrogens with zero attached hydrogens (tertiary/aromatic N) is 5. The van der Waals surface area contributed by atoms with Crippen LogP contribution in [0.1, 0.15) is 42.6 Å². The van der Waals surface area contributed by atoms with Gasteiger partial charge in [0, 0.05) is 30.1 Å². The van der Waals surface area contributed by atoms with Gasteiger partial charge in [-0.15, -0.1) is 10.2 Å². The Morgan fingerprint density at radius 3 is 2.77 bits per heavy atom. The Morgan fingerprint density at radius 1 is 1.14 bits per heavy atom. The van der Waals surface area contributed by atoms with E-state index in [1.165, 1.54) is 25.7 Å². The van der Waals surface area contributed by atoms with E-state index in [1.54, 1.807) is 6.20 Å². The van der Waals surface area contributed by atoms with Crippen LogP contribution >= 0.6 is 11.8 Å². The number of aromatic nitrogens is 4. The van der Waals surface area contributed by atoms with Crippen molar-refractivity contribution >= 4 is 11.8 Å². The lowest BCUT2D eigenvalue weighted by Gasteiger charge is -2.24. The molecule has 0 spiro atoms. The first-order chi connectivity index (χ1) is 17.3. The summed E-state index contributed by atoms with van der Waals surface area (Å²) in [6.45, 7) is 6.65. The molecule has 2 fully saturated rings. The monoisotopic (exact) mass is 489 g/mol. The second-order valence-electron chi connectivity index (χ2n) is 8.93. The molecule has 3 aromatic rings. The van der Waals surface area contributed by atoms with E-state index in [0.717, 1.165) is 66.4 Å². The zero-order chi connectivity index (χ0) is 23.9. The van der Waals surface area contributed by atoms with E-state index in [2.05, 4.69) is 43.4 Å². The maximum atomic E-state index is 6.15. The number of hydrogen-bond donors (Lipinski definition) is 0. The second kappa shape index (κ2) is 11.7. The fourth-order valence-electron chi connectivity index (χ4n) is 4.39. The number of thioether (sulfide) groups is 1. The van der Waals surface area contributed by atoms with Crippen molar-refractivity contribution in [3.8, 4) is 23.3 Å². The van der Waals surface area contributed by atoms with E-state index >= 15 is 0 Å². The summed E-state index contributed by atoms with van der Waals surface area (Å²) in [7, 11) is 0. The van der Waals surface area contributed by atoms with E-state index in [-0.39, 0.29) is 0 Å². The fraction of sp³-hybridized carbons (Fsp3) is 0.444. The van der Waals surface area contributed by atoms with Crippen LogP contribution in [0, 0.1) is 18.8 Å². The van der Waals surface area contributed by atoms with E-state index in [1.807, 2.05) is 48.3 Å². The van der Waals surface area contributed by atoms with Crippen molar-refractivity contribution in [3.63, 3.8) is 0 Å². The van der Waals surface area contributed by atoms with Gasteiger partial charge in [-0.05, 0) is 55.7 Å². The van der Waals surface area contributed by atoms with E-state index in [9.17, 15) is 0 Å². The molecule has 1 aliphatic carbocycles. The Balaban J connectivity index is 1.26. The van der Waals surface area contributed by atoms with Crippen LogP contribution < -0.4 is 4.74 Å². The summed E-state index contributed by atoms with van der Waals surface area (Å²) < 4.78 is 13.6. The van der Waals surface area contributed by atoms with Crippen LogP contribution in [0.5, 0.6) is 5.75 Å². The Morgan fingerprint density at radius 2 is 2.00 bits per heavy atom. The quantitative estimate of drug-likeness (QED) is 0.459. The highest BCUT2D eigenvalue weighted by Gasteiger charge is 2.22. The van der Waals surface area contributed by atoms with Gasteiger partial charge in [-0.1, -0.05) is 36.4 Å². The molecule has 0 N–H and O–H groups in total. The minimum absolute atomic E-state index is 0.328. The van der Waals surface area contributed by atoms with Gasteiger partial charge in [0.1, 0.15) is 12.4 Å². The van der Waals surface area contributed by atoms with Crippen LogP contribution in [0.3, 0.4) is 0 Å². The van der Waals surface area contributed by atoms with Crippen LogP contribution in [0.25, 0.3) is 5.69 Å². The van der Waals surface area contributed by atoms with Crippen LogP contribution in [0.4, 0.5) is 0 Å². The molecule has 0 bridgehead atoms. The Hall–Kier alpha value is -2.86. The van der Waals surface area contributed by atoms with E-state index < -0.39 is 0 Å². The molecule has 2 aromatic heterocycles. The molecule has 0 radical (unpaired) electrons. The smallest absolute Gasteiger partial charge is 0.196 e. The molecule has 0 atom stereocenters. The average Bonchev–Trinajstić information content (AvgIpc) is 3.55. The standard InChI is InChI=1S/C27H31N5O2S/c1-21-18-24(11-10-22(21)6-5-13-31-14-16-33-17-15-31)34-20-26-29-30-27(35-25-8-2-3-9-25)32(26)23-7-4-12-28-19-23/h4,7,10-12,18-19,25H,2-3,8-9,13-17,20H2,1H3. The summed E-state index contributed by atoms with van der Waals surface area (Å²) >= 11 is 1.82. The van der Waals surface area contributed by atoms with E-state index in [0.29, 0.717) is 11.9 Å². The maximum absolute atomic E-state index is 6.15. The summed E-state index contributed by atoms with van der Waals surface area (Å²) in [5.74, 6) is 8.17. The molecule has 7 nitrogen and oxygen atoms in total. The molecule has 182 valence electrons. The predicted octanol–water partition coefficient (Wildman–Crippen LogP) is 4.27. The molecule has 1 aromatic carbocycles. The zero-order valence-electron chi connectivity index (χ0n) is 20.2. The van der Waals surface area contributed by atoms with Crippen LogP contribution in [0.15, 0.2) is 47.9 Å². The molecule has 5 rings (SSSR count). The van der Waals surface area contributed by atoms with Gasteiger partial charge < -0.3 is 9.47 Å². The van der Waals surface area contributed by atoms with Crippen molar-refractivity contribution < 1.29 is 9.47 Å². The summed E-state index contributed by atoms with van der Waals surface area (Å²) in [6, 6.07) is 10.0. The van der Waals surface area contributed by atoms with Gasteiger partial charge in [0.15, 0.2) is 11.0 Å². The lowest BCUT2D eigenvalue weighted by molar-refractivity contribution is 0.0443. The van der Waals surface area contributed by atoms with Crippen molar-refractivity contribution in [2.24, 2.45) is 0 Å². The van der Waals surface area contributed by atoms with Crippen molar-refractivity contribution in [1.29, 1.82) is 0 Å². The molecule has 0 unspecified atom stereocenters. The normalized spacial score (nSPS) is 16.7. The molecule has 1 saturated heterocycles. The van der Waals surface area contributed by atoms with Gasteiger partial charge >= 0.3 is 0 Å². The number of rotatable bonds is 7. The van der Waals surface area contributed by atoms with E-state index in [4.69, 9.17) is 9.47 Å². The molecular weight excluding hydrogens is 458 g/mol. The molecule has 8 heteroatoms. The van der Waals surface area contributed by atoms with Crippen molar-refractivity contribution in [3.05, 3.63) is 59.7 Å². The van der Waals surface area contributed by atoms with Gasteiger partial charge in [0.05, 0.1) is 31.6 Å². The van der Waals surface area contributed by atoms with Crippen LogP contribution in [-0.2, 0) is 11.3 Å². The fourth-order valence-corrected chi connectivity index (χ4v) is 5.66. The Labute approximate surface area is 211 Å². The first kappa shape index (κ1) is 23.9. The van der Waals surface area contributed by atoms with Crippen molar-refractivity contribution in [2.45, 2.75) is 49.6 Å². The number of aryl methyl sites for hydroxylation is 1. The van der Waals surface area contributed by atoms with Gasteiger partial charge in [0.25, 0.3) is 0 Å². The lowest BCUT2D eigenvalue weighted by Crippen LogP contribution is -2.36. The molecule has 35 heavy (non-hydrogen) atoms. The van der Waals surface area contributed by atoms with Crippen LogP contribution in [-0.4, -0.2) is 62.7 Å². The average molecular weight is 490 g/mol. The highest BCUT2D eigenvalue weighted by molar-refractivity contribution is 7.99. The summed E-state index contributed by atoms with van der Waals surface area (Å²) in [4.78, 5) is 6.62. The molecule has 2 aliphatic rings. The second-order valence-corrected chi connectivity index (χ2v) is 10.2. The number of hydrogen-bond acceptors (Lipinski definition) is 7. The topological polar surface area (TPSA) is 65.3 Å². The van der Waals surface area contributed by atoms with Crippen molar-refractivity contribution in [2.75, 3.05) is 32.8 Å². The summed E-state index contributed by atoms with van der Waals surface area (Å²) in [5.41, 5.74) is 3.08. The molecular formula is C27H31N5O2S. The highest BCUT2D eigenvalue weighted by Crippen LogP contribution is 2.35. The van der Waals surface area contributed by atoms with Gasteiger partial charge in [-0.25, -0.2) is 0 Å². The van der Waals surface area contributed by atoms with Crippen molar-refractivity contribution in [1.82, 2.24) is 24.6 Å². The third-order valence-corrected chi connectivity index (χ3v) is 7.65. The number of ether oxygens (including phenoxy) is 2. The number of morpholine rings is 1. The lowest BCUT2D eigenvalue weighted by atomic mass is 10.1. The summed E-state index contributed by atoms with van der Waals surface area (Å²) in [6.07, 6.45) is 8.68. The van der Waals surface area contributed by atoms with Gasteiger partial charge in [-0.3, -0.25) is 14.5 Å². The number of pyridine rings is 1. The van der Waals surface area contributed by atoms with Gasteiger partial charge in [-0.2, -0.15) is 0 Å². The predicted molar refractivity (Wildman–Crippen MR) is 137 cm³/mol. The third-order valence-electron chi connectivity index (χ3n) is 6.37. The minimum atomic E-state index is 0.328. The van der Waals surface area contributed by atoms with Gasteiger partial charge in [0.2, 0.25) is 0 Å². The third kappa shape index (κ3) is 6.23. The SMILES string of the molecule is Cc1cc(OCc2nnc(SC3CCCC3)n2-c2cccnc2)ccc1C#CCN1CCOCC1. The zero-order valence-corrected chi connectivity index (χ0v) is 21.0. The highest BCUT2D eigenvalue weighted by atomic mass is 32.2. The largest absolute Gasteiger partial charge is 0.486 e. The Bertz CT molecular complexity index is 1180.